The van der Waals surface area contributed by atoms with Gasteiger partial charge in [0.15, 0.2) is 0 Å². The van der Waals surface area contributed by atoms with Gasteiger partial charge in [0, 0.05) is 5.69 Å². The number of rotatable bonds is 2. The molecule has 1 heterocycles. The van der Waals surface area contributed by atoms with E-state index in [4.69, 9.17) is 5.26 Å². The highest BCUT2D eigenvalue weighted by molar-refractivity contribution is 5.60. The Morgan fingerprint density at radius 2 is 1.75 bits per heavy atom. The smallest absolute Gasteiger partial charge is 0.406 e. The minimum atomic E-state index is -4.75. The molecular weight excluding hydrogens is 273 g/mol. The summed E-state index contributed by atoms with van der Waals surface area (Å²) >= 11 is 0. The fourth-order valence-corrected chi connectivity index (χ4v) is 1.57. The van der Waals surface area contributed by atoms with Crippen molar-refractivity contribution in [2.75, 3.05) is 0 Å². The van der Waals surface area contributed by atoms with E-state index < -0.39 is 11.9 Å². The predicted octanol–water partition coefficient (Wildman–Crippen LogP) is 2.81. The van der Waals surface area contributed by atoms with Crippen molar-refractivity contribution in [2.45, 2.75) is 6.36 Å². The number of aromatic nitrogens is 1. The minimum absolute atomic E-state index is 0.0363. The van der Waals surface area contributed by atoms with Crippen LogP contribution in [0.4, 0.5) is 13.2 Å². The number of nitrogens with one attached hydrogen (secondary N) is 1. The maximum atomic E-state index is 12.0. The molecule has 0 aliphatic heterocycles. The number of nitriles is 1. The molecule has 0 aliphatic carbocycles. The van der Waals surface area contributed by atoms with Gasteiger partial charge in [-0.05, 0) is 42.0 Å². The van der Waals surface area contributed by atoms with Crippen LogP contribution in [0, 0.1) is 11.3 Å². The summed E-state index contributed by atoms with van der Waals surface area (Å²) in [4.78, 5) is 13.9. The first kappa shape index (κ1) is 13.7. The van der Waals surface area contributed by atoms with Crippen LogP contribution < -0.4 is 10.3 Å². The molecule has 2 aromatic rings. The second-order valence-corrected chi connectivity index (χ2v) is 3.80. The van der Waals surface area contributed by atoms with E-state index in [1.165, 1.54) is 24.3 Å². The Labute approximate surface area is 111 Å². The number of pyridine rings is 1. The van der Waals surface area contributed by atoms with Crippen LogP contribution >= 0.6 is 0 Å². The summed E-state index contributed by atoms with van der Waals surface area (Å²) in [5, 5.41) is 8.63. The largest absolute Gasteiger partial charge is 0.573 e. The Kier molecular flexibility index (Phi) is 3.48. The predicted molar refractivity (Wildman–Crippen MR) is 63.9 cm³/mol. The van der Waals surface area contributed by atoms with Gasteiger partial charge in [-0.25, -0.2) is 0 Å². The highest BCUT2D eigenvalue weighted by Gasteiger charge is 2.30. The number of ether oxygens (including phenoxy) is 1. The Bertz CT molecular complexity index is 712. The Morgan fingerprint density at radius 3 is 2.25 bits per heavy atom. The van der Waals surface area contributed by atoms with E-state index >= 15 is 0 Å². The van der Waals surface area contributed by atoms with Crippen LogP contribution in [0.25, 0.3) is 11.3 Å². The summed E-state index contributed by atoms with van der Waals surface area (Å²) in [6.07, 6.45) is -4.75. The number of hydrogen-bond acceptors (Lipinski definition) is 3. The average molecular weight is 280 g/mol. The summed E-state index contributed by atoms with van der Waals surface area (Å²) in [5.41, 5.74) is 0.306. The van der Waals surface area contributed by atoms with Gasteiger partial charge >= 0.3 is 6.36 Å². The monoisotopic (exact) mass is 280 g/mol. The third kappa shape index (κ3) is 3.17. The molecular formula is C13H7F3N2O2. The van der Waals surface area contributed by atoms with Crippen molar-refractivity contribution in [1.82, 2.24) is 4.98 Å². The molecule has 0 unspecified atom stereocenters. The average Bonchev–Trinajstić information content (AvgIpc) is 2.37. The van der Waals surface area contributed by atoms with E-state index in [0.29, 0.717) is 11.3 Å². The van der Waals surface area contributed by atoms with E-state index in [-0.39, 0.29) is 11.3 Å². The van der Waals surface area contributed by atoms with E-state index in [9.17, 15) is 18.0 Å². The molecule has 7 heteroatoms. The molecule has 0 spiro atoms. The first-order valence-corrected chi connectivity index (χ1v) is 5.38. The third-order valence-electron chi connectivity index (χ3n) is 2.43. The number of hydrogen-bond donors (Lipinski definition) is 1. The molecule has 0 fully saturated rings. The molecule has 20 heavy (non-hydrogen) atoms. The molecule has 0 aliphatic rings. The van der Waals surface area contributed by atoms with Crippen molar-refractivity contribution < 1.29 is 17.9 Å². The molecule has 1 N–H and O–H groups in total. The van der Waals surface area contributed by atoms with Crippen molar-refractivity contribution in [3.05, 3.63) is 52.3 Å². The molecule has 0 atom stereocenters. The fraction of sp³-hybridized carbons (Fsp3) is 0.0769. The SMILES string of the molecule is N#Cc1ccc(-c2ccc(OC(F)(F)F)cc2)[nH]c1=O. The maximum Gasteiger partial charge on any atom is 0.573 e. The van der Waals surface area contributed by atoms with Crippen LogP contribution in [0.5, 0.6) is 5.75 Å². The third-order valence-corrected chi connectivity index (χ3v) is 2.43. The highest BCUT2D eigenvalue weighted by Crippen LogP contribution is 2.25. The van der Waals surface area contributed by atoms with Crippen molar-refractivity contribution in [1.29, 1.82) is 5.26 Å². The van der Waals surface area contributed by atoms with Crippen molar-refractivity contribution in [3.8, 4) is 23.1 Å². The molecule has 1 aromatic heterocycles. The quantitative estimate of drug-likeness (QED) is 0.919. The fourth-order valence-electron chi connectivity index (χ4n) is 1.57. The van der Waals surface area contributed by atoms with Gasteiger partial charge < -0.3 is 9.72 Å². The number of H-pyrrole nitrogens is 1. The van der Waals surface area contributed by atoms with Gasteiger partial charge in [0.05, 0.1) is 0 Å². The van der Waals surface area contributed by atoms with E-state index in [0.717, 1.165) is 12.1 Å². The lowest BCUT2D eigenvalue weighted by atomic mass is 10.1. The molecule has 102 valence electrons. The van der Waals surface area contributed by atoms with Crippen molar-refractivity contribution in [2.24, 2.45) is 0 Å². The van der Waals surface area contributed by atoms with E-state index in [2.05, 4.69) is 9.72 Å². The lowest BCUT2D eigenvalue weighted by Gasteiger charge is -2.09. The van der Waals surface area contributed by atoms with Crippen LogP contribution in [-0.4, -0.2) is 11.3 Å². The van der Waals surface area contributed by atoms with Gasteiger partial charge in [-0.2, -0.15) is 5.26 Å². The van der Waals surface area contributed by atoms with Crippen LogP contribution in [0.1, 0.15) is 5.56 Å². The summed E-state index contributed by atoms with van der Waals surface area (Å²) in [5.74, 6) is -0.350. The molecule has 4 nitrogen and oxygen atoms in total. The number of nitrogens with zero attached hydrogens (tertiary/aromatic N) is 1. The molecule has 0 saturated heterocycles. The Hall–Kier alpha value is -2.75. The van der Waals surface area contributed by atoms with Gasteiger partial charge in [-0.1, -0.05) is 0 Å². The van der Waals surface area contributed by atoms with Crippen LogP contribution in [-0.2, 0) is 0 Å². The van der Waals surface area contributed by atoms with Gasteiger partial charge in [0.25, 0.3) is 5.56 Å². The molecule has 0 amide bonds. The molecule has 0 bridgehead atoms. The molecule has 1 aromatic carbocycles. The molecule has 2 rings (SSSR count). The maximum absolute atomic E-state index is 12.0. The number of alkyl halides is 3. The van der Waals surface area contributed by atoms with Crippen LogP contribution in [0.3, 0.4) is 0 Å². The summed E-state index contributed by atoms with van der Waals surface area (Å²) in [6.45, 7) is 0. The first-order valence-electron chi connectivity index (χ1n) is 5.38. The number of aromatic amines is 1. The lowest BCUT2D eigenvalue weighted by molar-refractivity contribution is -0.274. The zero-order valence-corrected chi connectivity index (χ0v) is 9.86. The normalized spacial score (nSPS) is 10.9. The summed E-state index contributed by atoms with van der Waals surface area (Å²) in [6, 6.07) is 9.58. The summed E-state index contributed by atoms with van der Waals surface area (Å²) in [7, 11) is 0. The Balaban J connectivity index is 2.29. The highest BCUT2D eigenvalue weighted by atomic mass is 19.4. The number of benzene rings is 1. The van der Waals surface area contributed by atoms with E-state index in [1.54, 1.807) is 6.07 Å². The molecule has 0 saturated carbocycles. The number of halogens is 3. The van der Waals surface area contributed by atoms with Gasteiger partial charge in [0.1, 0.15) is 17.4 Å². The zero-order chi connectivity index (χ0) is 14.8. The zero-order valence-electron chi connectivity index (χ0n) is 9.86. The Morgan fingerprint density at radius 1 is 1.10 bits per heavy atom. The summed E-state index contributed by atoms with van der Waals surface area (Å²) < 4.78 is 39.7. The van der Waals surface area contributed by atoms with Gasteiger partial charge in [-0.15, -0.1) is 13.2 Å². The van der Waals surface area contributed by atoms with Crippen LogP contribution in [0.15, 0.2) is 41.2 Å². The van der Waals surface area contributed by atoms with Gasteiger partial charge in [0.2, 0.25) is 0 Å². The second kappa shape index (κ2) is 5.09. The topological polar surface area (TPSA) is 65.9 Å². The standard InChI is InChI=1S/C13H7F3N2O2/c14-13(15,16)20-10-4-1-8(2-5-10)11-6-3-9(7-17)12(19)18-11/h1-6H,(H,18,19). The van der Waals surface area contributed by atoms with Gasteiger partial charge in [-0.3, -0.25) is 4.79 Å². The minimum Gasteiger partial charge on any atom is -0.406 e. The van der Waals surface area contributed by atoms with Crippen molar-refractivity contribution >= 4 is 0 Å². The van der Waals surface area contributed by atoms with Crippen LogP contribution in [0.2, 0.25) is 0 Å². The molecule has 0 radical (unpaired) electrons. The van der Waals surface area contributed by atoms with E-state index in [1.807, 2.05) is 0 Å². The second-order valence-electron chi connectivity index (χ2n) is 3.80. The lowest BCUT2D eigenvalue weighted by Crippen LogP contribution is -2.17. The first-order chi connectivity index (χ1) is 9.39. The van der Waals surface area contributed by atoms with Crippen molar-refractivity contribution in [3.63, 3.8) is 0 Å².